The Balaban J connectivity index is 3.02. The molecule has 0 aliphatic rings. The molecule has 0 fully saturated rings. The van der Waals surface area contributed by atoms with Gasteiger partial charge in [-0.3, -0.25) is 9.54 Å². The van der Waals surface area contributed by atoms with Crippen molar-refractivity contribution >= 4 is 10.4 Å². The first-order chi connectivity index (χ1) is 7.85. The number of pyridine rings is 1. The molecule has 0 atom stereocenters. The topological polar surface area (TPSA) is 106 Å². The third kappa shape index (κ3) is 3.93. The summed E-state index contributed by atoms with van der Waals surface area (Å²) in [7, 11) is -3.09. The lowest BCUT2D eigenvalue weighted by Gasteiger charge is -2.11. The third-order valence-electron chi connectivity index (χ3n) is 2.08. The number of nitrogens with zero attached hydrogens (tertiary/aromatic N) is 1. The van der Waals surface area contributed by atoms with Crippen LogP contribution < -0.4 is 0 Å². The molecular weight excluding hydrogens is 250 g/mol. The van der Waals surface area contributed by atoms with E-state index in [0.717, 1.165) is 0 Å². The van der Waals surface area contributed by atoms with Gasteiger partial charge in [0.25, 0.3) is 0 Å². The summed E-state index contributed by atoms with van der Waals surface area (Å²) >= 11 is 0. The van der Waals surface area contributed by atoms with E-state index in [4.69, 9.17) is 9.29 Å². The second-order valence-corrected chi connectivity index (χ2v) is 4.41. The summed E-state index contributed by atoms with van der Waals surface area (Å²) in [6.45, 7) is 1.26. The number of aryl methyl sites for hydroxylation is 1. The van der Waals surface area contributed by atoms with Crippen LogP contribution in [0.4, 0.5) is 0 Å². The van der Waals surface area contributed by atoms with Gasteiger partial charge in [-0.05, 0) is 6.92 Å². The highest BCUT2D eigenvalue weighted by Crippen LogP contribution is 2.25. The molecule has 7 nitrogen and oxygen atoms in total. The zero-order valence-corrected chi connectivity index (χ0v) is 10.2. The Hall–Kier alpha value is -1.22. The fraction of sp³-hybridized carbons (Fsp3) is 0.444. The number of hydrogen-bond donors (Lipinski definition) is 2. The normalized spacial score (nSPS) is 11.7. The van der Waals surface area contributed by atoms with Crippen LogP contribution in [-0.4, -0.2) is 30.2 Å². The first kappa shape index (κ1) is 13.8. The minimum Gasteiger partial charge on any atom is -0.506 e. The maximum Gasteiger partial charge on any atom is 0.397 e. The molecule has 1 aromatic rings. The quantitative estimate of drug-likeness (QED) is 0.747. The van der Waals surface area contributed by atoms with Crippen molar-refractivity contribution in [3.05, 3.63) is 23.0 Å². The lowest BCUT2D eigenvalue weighted by Crippen LogP contribution is -2.07. The SMILES string of the molecule is COCc1c(COS(=O)(=O)O)cnc(C)c1O. The maximum absolute atomic E-state index is 10.4. The fourth-order valence-corrected chi connectivity index (χ4v) is 1.53. The van der Waals surface area contributed by atoms with Crippen molar-refractivity contribution in [1.82, 2.24) is 4.98 Å². The Morgan fingerprint density at radius 1 is 1.41 bits per heavy atom. The third-order valence-corrected chi connectivity index (χ3v) is 2.50. The zero-order chi connectivity index (χ0) is 13.1. The average molecular weight is 263 g/mol. The van der Waals surface area contributed by atoms with E-state index >= 15 is 0 Å². The number of methoxy groups -OCH3 is 1. The number of ether oxygens (including phenoxy) is 1. The molecule has 0 bridgehead atoms. The molecule has 2 N–H and O–H groups in total. The monoisotopic (exact) mass is 263 g/mol. The van der Waals surface area contributed by atoms with Crippen LogP contribution in [0.25, 0.3) is 0 Å². The summed E-state index contributed by atoms with van der Waals surface area (Å²) in [4.78, 5) is 3.86. The molecule has 0 saturated heterocycles. The number of aromatic nitrogens is 1. The lowest BCUT2D eigenvalue weighted by atomic mass is 10.1. The van der Waals surface area contributed by atoms with Gasteiger partial charge in [0.05, 0.1) is 18.9 Å². The second kappa shape index (κ2) is 5.41. The lowest BCUT2D eigenvalue weighted by molar-refractivity contribution is 0.178. The van der Waals surface area contributed by atoms with Crippen molar-refractivity contribution in [1.29, 1.82) is 0 Å². The Morgan fingerprint density at radius 3 is 2.59 bits per heavy atom. The highest BCUT2D eigenvalue weighted by atomic mass is 32.3. The van der Waals surface area contributed by atoms with Crippen LogP contribution in [0.2, 0.25) is 0 Å². The van der Waals surface area contributed by atoms with Gasteiger partial charge >= 0.3 is 10.4 Å². The molecule has 17 heavy (non-hydrogen) atoms. The highest BCUT2D eigenvalue weighted by molar-refractivity contribution is 7.80. The summed E-state index contributed by atoms with van der Waals surface area (Å²) in [6, 6.07) is 0. The summed E-state index contributed by atoms with van der Waals surface area (Å²) in [5.41, 5.74) is 1.10. The maximum atomic E-state index is 10.4. The van der Waals surface area contributed by atoms with Crippen molar-refractivity contribution in [2.45, 2.75) is 20.1 Å². The standard InChI is InChI=1S/C9H13NO6S/c1-6-9(11)8(5-15-2)7(3-10-6)4-16-17(12,13)14/h3,11H,4-5H2,1-2H3,(H,12,13,14). The molecule has 8 heteroatoms. The predicted octanol–water partition coefficient (Wildman–Crippen LogP) is 0.561. The van der Waals surface area contributed by atoms with Gasteiger partial charge in [0.1, 0.15) is 5.75 Å². The minimum atomic E-state index is -4.53. The van der Waals surface area contributed by atoms with Crippen LogP contribution in [0.1, 0.15) is 16.8 Å². The second-order valence-electron chi connectivity index (χ2n) is 3.32. The summed E-state index contributed by atoms with van der Waals surface area (Å²) in [5.74, 6) is -0.0803. The molecule has 0 aliphatic carbocycles. The average Bonchev–Trinajstić information content (AvgIpc) is 2.23. The van der Waals surface area contributed by atoms with Crippen LogP contribution in [0.5, 0.6) is 5.75 Å². The summed E-state index contributed by atoms with van der Waals surface area (Å²) < 4.78 is 38.4. The van der Waals surface area contributed by atoms with Crippen LogP contribution in [0, 0.1) is 6.92 Å². The van der Waals surface area contributed by atoms with Crippen molar-refractivity contribution in [2.24, 2.45) is 0 Å². The number of hydrogen-bond acceptors (Lipinski definition) is 6. The van der Waals surface area contributed by atoms with Gasteiger partial charge < -0.3 is 9.84 Å². The van der Waals surface area contributed by atoms with Gasteiger partial charge in [0, 0.05) is 24.4 Å². The Labute approximate surface area is 99.0 Å². The van der Waals surface area contributed by atoms with Gasteiger partial charge in [-0.15, -0.1) is 0 Å². The first-order valence-electron chi connectivity index (χ1n) is 4.62. The minimum absolute atomic E-state index is 0.0803. The van der Waals surface area contributed by atoms with E-state index in [1.54, 1.807) is 6.92 Å². The van der Waals surface area contributed by atoms with Crippen LogP contribution in [-0.2, 0) is 32.5 Å². The predicted molar refractivity (Wildman–Crippen MR) is 57.7 cm³/mol. The van der Waals surface area contributed by atoms with E-state index in [1.165, 1.54) is 13.3 Å². The first-order valence-corrected chi connectivity index (χ1v) is 5.98. The van der Waals surface area contributed by atoms with E-state index in [9.17, 15) is 13.5 Å². The molecule has 96 valence electrons. The molecule has 0 aliphatic heterocycles. The van der Waals surface area contributed by atoms with E-state index in [-0.39, 0.29) is 12.4 Å². The summed E-state index contributed by atoms with van der Waals surface area (Å²) in [5, 5.41) is 9.73. The van der Waals surface area contributed by atoms with Crippen molar-refractivity contribution in [2.75, 3.05) is 7.11 Å². The zero-order valence-electron chi connectivity index (χ0n) is 9.37. The number of rotatable bonds is 5. The van der Waals surface area contributed by atoms with E-state index in [0.29, 0.717) is 16.8 Å². The van der Waals surface area contributed by atoms with Gasteiger partial charge in [-0.2, -0.15) is 8.42 Å². The van der Waals surface area contributed by atoms with E-state index < -0.39 is 17.0 Å². The van der Waals surface area contributed by atoms with Crippen LogP contribution in [0.15, 0.2) is 6.20 Å². The van der Waals surface area contributed by atoms with Crippen molar-refractivity contribution in [3.63, 3.8) is 0 Å². The van der Waals surface area contributed by atoms with E-state index in [2.05, 4.69) is 9.17 Å². The Kier molecular flexibility index (Phi) is 4.40. The van der Waals surface area contributed by atoms with Gasteiger partial charge in [-0.1, -0.05) is 0 Å². The summed E-state index contributed by atoms with van der Waals surface area (Å²) in [6.07, 6.45) is 1.36. The van der Waals surface area contributed by atoms with E-state index in [1.807, 2.05) is 0 Å². The molecule has 0 unspecified atom stereocenters. The van der Waals surface area contributed by atoms with Crippen molar-refractivity contribution in [3.8, 4) is 5.75 Å². The largest absolute Gasteiger partial charge is 0.506 e. The highest BCUT2D eigenvalue weighted by Gasteiger charge is 2.14. The van der Waals surface area contributed by atoms with Gasteiger partial charge in [0.2, 0.25) is 0 Å². The smallest absolute Gasteiger partial charge is 0.397 e. The molecule has 0 saturated carbocycles. The number of aromatic hydroxyl groups is 1. The molecule has 0 aromatic carbocycles. The molecule has 1 rings (SSSR count). The molecule has 0 spiro atoms. The Bertz CT molecular complexity index is 498. The molecule has 1 heterocycles. The molecular formula is C9H13NO6S. The molecule has 1 aromatic heterocycles. The molecule has 0 radical (unpaired) electrons. The van der Waals surface area contributed by atoms with Gasteiger partial charge in [-0.25, -0.2) is 4.18 Å². The Morgan fingerprint density at radius 2 is 2.06 bits per heavy atom. The van der Waals surface area contributed by atoms with Crippen LogP contribution >= 0.6 is 0 Å². The van der Waals surface area contributed by atoms with Gasteiger partial charge in [0.15, 0.2) is 0 Å². The van der Waals surface area contributed by atoms with Crippen molar-refractivity contribution < 1.29 is 27.0 Å². The molecule has 0 amide bonds. The fourth-order valence-electron chi connectivity index (χ4n) is 1.25. The van der Waals surface area contributed by atoms with Crippen LogP contribution in [0.3, 0.4) is 0 Å².